The summed E-state index contributed by atoms with van der Waals surface area (Å²) < 4.78 is 10.4. The first-order chi connectivity index (χ1) is 14.7. The fourth-order valence-electron chi connectivity index (χ4n) is 3.50. The summed E-state index contributed by atoms with van der Waals surface area (Å²) in [5, 5.41) is 11.0. The van der Waals surface area contributed by atoms with Gasteiger partial charge in [0.15, 0.2) is 0 Å². The molecule has 2 N–H and O–H groups in total. The Morgan fingerprint density at radius 1 is 1.19 bits per heavy atom. The molecular formula is C20H21N3O7S. The van der Waals surface area contributed by atoms with E-state index in [4.69, 9.17) is 15.2 Å². The predicted octanol–water partition coefficient (Wildman–Crippen LogP) is 2.16. The number of non-ortho nitro benzene ring substituents is 1. The van der Waals surface area contributed by atoms with Gasteiger partial charge in [-0.15, -0.1) is 0 Å². The van der Waals surface area contributed by atoms with Gasteiger partial charge >= 0.3 is 11.9 Å². The molecule has 0 radical (unpaired) electrons. The summed E-state index contributed by atoms with van der Waals surface area (Å²) >= 11 is 1.11. The Bertz CT molecular complexity index is 1030. The Kier molecular flexibility index (Phi) is 6.34. The smallest absolute Gasteiger partial charge is 0.338 e. The van der Waals surface area contributed by atoms with Gasteiger partial charge in [-0.05, 0) is 26.3 Å². The van der Waals surface area contributed by atoms with Crippen molar-refractivity contribution < 1.29 is 28.8 Å². The van der Waals surface area contributed by atoms with Crippen LogP contribution in [0.15, 0.2) is 46.3 Å². The second-order valence-corrected chi connectivity index (χ2v) is 8.01. The SMILES string of the molecule is CCOC(=O)C1=C(N)N2C(=O)[C@H](C)SC2=C(C(=O)OCC)[C@@H]1c1cccc([N+](=O)[O-])c1. The van der Waals surface area contributed by atoms with E-state index in [1.807, 2.05) is 0 Å². The summed E-state index contributed by atoms with van der Waals surface area (Å²) in [7, 11) is 0. The molecule has 0 aliphatic carbocycles. The largest absolute Gasteiger partial charge is 0.463 e. The number of carbonyl (C=O) groups excluding carboxylic acids is 3. The number of rotatable bonds is 6. The van der Waals surface area contributed by atoms with Gasteiger partial charge < -0.3 is 15.2 Å². The number of hydrogen-bond acceptors (Lipinski definition) is 9. The Labute approximate surface area is 182 Å². The number of carbonyl (C=O) groups is 3. The Morgan fingerprint density at radius 2 is 1.81 bits per heavy atom. The number of thioether (sulfide) groups is 1. The summed E-state index contributed by atoms with van der Waals surface area (Å²) in [6.45, 7) is 4.96. The summed E-state index contributed by atoms with van der Waals surface area (Å²) in [5.74, 6) is -3.23. The lowest BCUT2D eigenvalue weighted by Crippen LogP contribution is -2.40. The van der Waals surface area contributed by atoms with E-state index < -0.39 is 33.9 Å². The normalized spacial score (nSPS) is 20.6. The molecule has 10 nitrogen and oxygen atoms in total. The molecule has 1 fully saturated rings. The minimum atomic E-state index is -1.10. The van der Waals surface area contributed by atoms with Crippen molar-refractivity contribution in [2.45, 2.75) is 31.9 Å². The molecular weight excluding hydrogens is 426 g/mol. The minimum Gasteiger partial charge on any atom is -0.463 e. The van der Waals surface area contributed by atoms with Crippen LogP contribution in [0.3, 0.4) is 0 Å². The molecule has 3 rings (SSSR count). The maximum absolute atomic E-state index is 13.0. The predicted molar refractivity (Wildman–Crippen MR) is 111 cm³/mol. The first-order valence-corrected chi connectivity index (χ1v) is 10.4. The van der Waals surface area contributed by atoms with Crippen LogP contribution >= 0.6 is 11.8 Å². The summed E-state index contributed by atoms with van der Waals surface area (Å²) in [4.78, 5) is 50.5. The van der Waals surface area contributed by atoms with Gasteiger partial charge in [-0.25, -0.2) is 9.59 Å². The van der Waals surface area contributed by atoms with Gasteiger partial charge in [-0.1, -0.05) is 23.9 Å². The zero-order valence-electron chi connectivity index (χ0n) is 17.1. The Balaban J connectivity index is 2.32. The summed E-state index contributed by atoms with van der Waals surface area (Å²) in [5.41, 5.74) is 6.19. The molecule has 0 aromatic heterocycles. The lowest BCUT2D eigenvalue weighted by atomic mass is 9.82. The van der Waals surface area contributed by atoms with Crippen LogP contribution in [0.5, 0.6) is 0 Å². The highest BCUT2D eigenvalue weighted by molar-refractivity contribution is 8.04. The molecule has 0 unspecified atom stereocenters. The number of hydrogen-bond donors (Lipinski definition) is 1. The van der Waals surface area contributed by atoms with Gasteiger partial charge in [-0.3, -0.25) is 19.8 Å². The lowest BCUT2D eigenvalue weighted by Gasteiger charge is -2.33. The van der Waals surface area contributed by atoms with Crippen molar-refractivity contribution in [2.24, 2.45) is 5.73 Å². The number of nitro benzene ring substituents is 1. The minimum absolute atomic E-state index is 0.0160. The molecule has 2 aliphatic rings. The van der Waals surface area contributed by atoms with Crippen molar-refractivity contribution in [1.82, 2.24) is 4.90 Å². The number of nitrogens with zero attached hydrogens (tertiary/aromatic N) is 2. The van der Waals surface area contributed by atoms with Crippen molar-refractivity contribution in [3.8, 4) is 0 Å². The number of nitro groups is 1. The Hall–Kier alpha value is -3.34. The molecule has 0 spiro atoms. The molecule has 2 atom stereocenters. The van der Waals surface area contributed by atoms with Crippen LogP contribution < -0.4 is 5.73 Å². The third-order valence-electron chi connectivity index (χ3n) is 4.79. The van der Waals surface area contributed by atoms with E-state index in [0.29, 0.717) is 0 Å². The van der Waals surface area contributed by atoms with E-state index in [1.54, 1.807) is 26.8 Å². The van der Waals surface area contributed by atoms with Gasteiger partial charge in [0.05, 0.1) is 45.5 Å². The van der Waals surface area contributed by atoms with Crippen molar-refractivity contribution in [1.29, 1.82) is 0 Å². The van der Waals surface area contributed by atoms with E-state index in [1.165, 1.54) is 18.2 Å². The third-order valence-corrected chi connectivity index (χ3v) is 5.97. The highest BCUT2D eigenvalue weighted by Crippen LogP contribution is 2.50. The molecule has 2 aliphatic heterocycles. The molecule has 1 saturated heterocycles. The van der Waals surface area contributed by atoms with Crippen molar-refractivity contribution in [3.05, 3.63) is 61.9 Å². The molecule has 2 heterocycles. The molecule has 31 heavy (non-hydrogen) atoms. The fourth-order valence-corrected chi connectivity index (χ4v) is 4.66. The van der Waals surface area contributed by atoms with E-state index >= 15 is 0 Å². The number of amides is 1. The molecule has 1 aromatic rings. The van der Waals surface area contributed by atoms with Crippen LogP contribution in [0, 0.1) is 10.1 Å². The molecule has 0 saturated carbocycles. The zero-order valence-corrected chi connectivity index (χ0v) is 17.9. The van der Waals surface area contributed by atoms with E-state index in [0.717, 1.165) is 16.7 Å². The summed E-state index contributed by atoms with van der Waals surface area (Å²) in [6, 6.07) is 5.55. The van der Waals surface area contributed by atoms with Crippen LogP contribution in [-0.4, -0.2) is 46.1 Å². The molecule has 0 bridgehead atoms. The first-order valence-electron chi connectivity index (χ1n) is 9.55. The van der Waals surface area contributed by atoms with Crippen molar-refractivity contribution in [2.75, 3.05) is 13.2 Å². The topological polar surface area (TPSA) is 142 Å². The standard InChI is InChI=1S/C20H21N3O7S/c1-4-29-19(25)14-13(11-7-6-8-12(9-11)23(27)28)15(20(26)30-5-2)18-22(16(14)21)17(24)10(3)31-18/h6-10,13H,4-5,21H2,1-3H3/t10-,13+/m0/s1. The maximum atomic E-state index is 13.0. The van der Waals surface area contributed by atoms with Crippen LogP contribution in [0.25, 0.3) is 0 Å². The number of esters is 2. The van der Waals surface area contributed by atoms with Crippen molar-refractivity contribution in [3.63, 3.8) is 0 Å². The monoisotopic (exact) mass is 447 g/mol. The van der Waals surface area contributed by atoms with Gasteiger partial charge in [0.1, 0.15) is 5.82 Å². The second-order valence-electron chi connectivity index (χ2n) is 6.68. The molecule has 11 heteroatoms. The highest BCUT2D eigenvalue weighted by Gasteiger charge is 2.49. The molecule has 1 aromatic carbocycles. The molecule has 1 amide bonds. The number of nitrogens with two attached hydrogens (primary N) is 1. The summed E-state index contributed by atoms with van der Waals surface area (Å²) in [6.07, 6.45) is 0. The highest BCUT2D eigenvalue weighted by atomic mass is 32.2. The number of ether oxygens (including phenoxy) is 2. The van der Waals surface area contributed by atoms with E-state index in [9.17, 15) is 24.5 Å². The maximum Gasteiger partial charge on any atom is 0.338 e. The lowest BCUT2D eigenvalue weighted by molar-refractivity contribution is -0.384. The van der Waals surface area contributed by atoms with Crippen LogP contribution in [0.2, 0.25) is 0 Å². The average Bonchev–Trinajstić information content (AvgIpc) is 3.02. The Morgan fingerprint density at radius 3 is 2.39 bits per heavy atom. The van der Waals surface area contributed by atoms with E-state index in [-0.39, 0.29) is 46.5 Å². The van der Waals surface area contributed by atoms with Crippen molar-refractivity contribution >= 4 is 35.3 Å². The zero-order chi connectivity index (χ0) is 22.9. The van der Waals surface area contributed by atoms with Gasteiger partial charge in [0.2, 0.25) is 5.91 Å². The van der Waals surface area contributed by atoms with Gasteiger partial charge in [0, 0.05) is 12.1 Å². The van der Waals surface area contributed by atoms with Crippen LogP contribution in [-0.2, 0) is 23.9 Å². The second kappa shape index (κ2) is 8.80. The first kappa shape index (κ1) is 22.3. The number of fused-ring (bicyclic) bond motifs is 1. The third kappa shape index (κ3) is 3.88. The molecule has 164 valence electrons. The van der Waals surface area contributed by atoms with Crippen LogP contribution in [0.1, 0.15) is 32.3 Å². The van der Waals surface area contributed by atoms with Gasteiger partial charge in [0.25, 0.3) is 5.69 Å². The van der Waals surface area contributed by atoms with E-state index in [2.05, 4.69) is 0 Å². The van der Waals surface area contributed by atoms with Crippen LogP contribution in [0.4, 0.5) is 5.69 Å². The number of benzene rings is 1. The van der Waals surface area contributed by atoms with Gasteiger partial charge in [-0.2, -0.15) is 0 Å². The average molecular weight is 447 g/mol. The fraction of sp³-hybridized carbons (Fsp3) is 0.350. The quantitative estimate of drug-likeness (QED) is 0.394.